The highest BCUT2D eigenvalue weighted by atomic mass is 35.5. The number of amides is 1. The van der Waals surface area contributed by atoms with Crippen molar-refractivity contribution in [3.63, 3.8) is 0 Å². The molecule has 1 aliphatic heterocycles. The summed E-state index contributed by atoms with van der Waals surface area (Å²) >= 11 is 5.91. The van der Waals surface area contributed by atoms with Crippen molar-refractivity contribution in [1.82, 2.24) is 15.1 Å². The summed E-state index contributed by atoms with van der Waals surface area (Å²) in [5, 5.41) is 3.97. The van der Waals surface area contributed by atoms with Crippen LogP contribution in [0.15, 0.2) is 24.3 Å². The molecule has 1 atom stereocenters. The average molecular weight is 296 g/mol. The molecular formula is C15H22ClN3O. The van der Waals surface area contributed by atoms with E-state index >= 15 is 0 Å². The van der Waals surface area contributed by atoms with Crippen molar-refractivity contribution in [3.05, 3.63) is 34.9 Å². The number of rotatable bonds is 5. The molecule has 0 aliphatic carbocycles. The second-order valence-corrected chi connectivity index (χ2v) is 5.93. The number of nitrogens with one attached hydrogen (secondary N) is 1. The number of hydrogen-bond acceptors (Lipinski definition) is 3. The van der Waals surface area contributed by atoms with Crippen molar-refractivity contribution in [1.29, 1.82) is 0 Å². The van der Waals surface area contributed by atoms with Crippen LogP contribution in [0.3, 0.4) is 0 Å². The van der Waals surface area contributed by atoms with Crippen molar-refractivity contribution in [2.75, 3.05) is 26.7 Å². The van der Waals surface area contributed by atoms with Crippen molar-refractivity contribution < 1.29 is 4.79 Å². The molecular weight excluding hydrogens is 274 g/mol. The predicted molar refractivity (Wildman–Crippen MR) is 81.7 cm³/mol. The summed E-state index contributed by atoms with van der Waals surface area (Å²) in [6, 6.07) is 8.14. The Kier molecular flexibility index (Phi) is 5.02. The van der Waals surface area contributed by atoms with Crippen LogP contribution in [0.2, 0.25) is 5.02 Å². The fourth-order valence-electron chi connectivity index (χ4n) is 2.26. The van der Waals surface area contributed by atoms with Crippen LogP contribution in [-0.4, -0.2) is 48.4 Å². The second kappa shape index (κ2) is 6.57. The van der Waals surface area contributed by atoms with E-state index in [1.165, 1.54) is 0 Å². The van der Waals surface area contributed by atoms with Crippen LogP contribution in [0.25, 0.3) is 0 Å². The van der Waals surface area contributed by atoms with Gasteiger partial charge in [-0.2, -0.15) is 0 Å². The summed E-state index contributed by atoms with van der Waals surface area (Å²) in [4.78, 5) is 16.2. The van der Waals surface area contributed by atoms with Gasteiger partial charge in [-0.3, -0.25) is 10.1 Å². The van der Waals surface area contributed by atoms with Crippen molar-refractivity contribution in [3.8, 4) is 0 Å². The number of nitrogens with zero attached hydrogens (tertiary/aromatic N) is 2. The largest absolute Gasteiger partial charge is 0.321 e. The fourth-order valence-corrected chi connectivity index (χ4v) is 2.39. The summed E-state index contributed by atoms with van der Waals surface area (Å²) in [6.07, 6.45) is -0.0414. The Morgan fingerprint density at radius 1 is 1.40 bits per heavy atom. The van der Waals surface area contributed by atoms with Crippen LogP contribution in [0, 0.1) is 0 Å². The predicted octanol–water partition coefficient (Wildman–Crippen LogP) is 2.11. The van der Waals surface area contributed by atoms with E-state index in [0.29, 0.717) is 17.6 Å². The monoisotopic (exact) mass is 295 g/mol. The van der Waals surface area contributed by atoms with Crippen molar-refractivity contribution in [2.45, 2.75) is 26.1 Å². The molecule has 1 aromatic rings. The van der Waals surface area contributed by atoms with Crippen LogP contribution < -0.4 is 5.32 Å². The third-order valence-electron chi connectivity index (χ3n) is 3.84. The van der Waals surface area contributed by atoms with Gasteiger partial charge in [0, 0.05) is 24.2 Å². The average Bonchev–Trinajstić information content (AvgIpc) is 2.78. The zero-order chi connectivity index (χ0) is 14.7. The summed E-state index contributed by atoms with van der Waals surface area (Å²) in [6.45, 7) is 6.31. The molecule has 1 unspecified atom stereocenters. The first-order valence-electron chi connectivity index (χ1n) is 6.97. The maximum absolute atomic E-state index is 12.0. The lowest BCUT2D eigenvalue weighted by Crippen LogP contribution is -2.39. The second-order valence-electron chi connectivity index (χ2n) is 5.50. The molecule has 1 aliphatic rings. The molecule has 1 heterocycles. The maximum atomic E-state index is 12.0. The summed E-state index contributed by atoms with van der Waals surface area (Å²) in [7, 11) is 2.08. The van der Waals surface area contributed by atoms with Gasteiger partial charge in [0.2, 0.25) is 5.91 Å². The molecule has 1 N–H and O–H groups in total. The van der Waals surface area contributed by atoms with Gasteiger partial charge in [0.25, 0.3) is 0 Å². The van der Waals surface area contributed by atoms with Gasteiger partial charge in [0.05, 0.1) is 6.54 Å². The molecule has 0 aromatic heterocycles. The Labute approximate surface area is 125 Å². The van der Waals surface area contributed by atoms with Gasteiger partial charge in [0.1, 0.15) is 6.17 Å². The quantitative estimate of drug-likeness (QED) is 0.904. The van der Waals surface area contributed by atoms with E-state index in [0.717, 1.165) is 18.7 Å². The molecule has 0 spiro atoms. The SMILES string of the molecule is CC(C)N(C)CCN1C(=O)CNC1c1ccc(Cl)cc1. The maximum Gasteiger partial charge on any atom is 0.238 e. The Morgan fingerprint density at radius 3 is 2.65 bits per heavy atom. The molecule has 0 saturated carbocycles. The Balaban J connectivity index is 2.05. The third kappa shape index (κ3) is 3.51. The minimum atomic E-state index is -0.0414. The Bertz CT molecular complexity index is 461. The number of benzene rings is 1. The van der Waals surface area contributed by atoms with Gasteiger partial charge >= 0.3 is 0 Å². The van der Waals surface area contributed by atoms with Gasteiger partial charge in [0.15, 0.2) is 0 Å². The first-order valence-corrected chi connectivity index (χ1v) is 7.35. The number of likely N-dealkylation sites (N-methyl/N-ethyl adjacent to an activating group) is 1. The van der Waals surface area contributed by atoms with E-state index in [4.69, 9.17) is 11.6 Å². The van der Waals surface area contributed by atoms with E-state index in [-0.39, 0.29) is 12.1 Å². The molecule has 2 rings (SSSR count). The van der Waals surface area contributed by atoms with Crippen molar-refractivity contribution in [2.24, 2.45) is 0 Å². The molecule has 1 aromatic carbocycles. The molecule has 0 bridgehead atoms. The molecule has 1 saturated heterocycles. The van der Waals surface area contributed by atoms with E-state index in [9.17, 15) is 4.79 Å². The van der Waals surface area contributed by atoms with Crippen LogP contribution in [0.5, 0.6) is 0 Å². The summed E-state index contributed by atoms with van der Waals surface area (Å²) < 4.78 is 0. The van der Waals surface area contributed by atoms with Crippen LogP contribution in [0.4, 0.5) is 0 Å². The first-order chi connectivity index (χ1) is 9.49. The highest BCUT2D eigenvalue weighted by Crippen LogP contribution is 2.23. The van der Waals surface area contributed by atoms with Crippen LogP contribution in [0.1, 0.15) is 25.6 Å². The van der Waals surface area contributed by atoms with Gasteiger partial charge in [-0.05, 0) is 38.6 Å². The molecule has 4 nitrogen and oxygen atoms in total. The molecule has 20 heavy (non-hydrogen) atoms. The lowest BCUT2D eigenvalue weighted by atomic mass is 10.1. The van der Waals surface area contributed by atoms with Crippen molar-refractivity contribution >= 4 is 17.5 Å². The molecule has 1 amide bonds. The van der Waals surface area contributed by atoms with E-state index in [2.05, 4.69) is 31.1 Å². The lowest BCUT2D eigenvalue weighted by molar-refractivity contribution is -0.128. The smallest absolute Gasteiger partial charge is 0.238 e. The molecule has 5 heteroatoms. The third-order valence-corrected chi connectivity index (χ3v) is 4.09. The molecule has 0 radical (unpaired) electrons. The molecule has 110 valence electrons. The Morgan fingerprint density at radius 2 is 2.05 bits per heavy atom. The normalized spacial score (nSPS) is 19.4. The lowest BCUT2D eigenvalue weighted by Gasteiger charge is -2.28. The number of hydrogen-bond donors (Lipinski definition) is 1. The van der Waals surface area contributed by atoms with E-state index in [1.54, 1.807) is 0 Å². The van der Waals surface area contributed by atoms with Gasteiger partial charge in [-0.1, -0.05) is 23.7 Å². The minimum Gasteiger partial charge on any atom is -0.321 e. The van der Waals surface area contributed by atoms with Crippen LogP contribution >= 0.6 is 11.6 Å². The number of halogens is 1. The fraction of sp³-hybridized carbons (Fsp3) is 0.533. The summed E-state index contributed by atoms with van der Waals surface area (Å²) in [5.41, 5.74) is 1.08. The molecule has 1 fully saturated rings. The highest BCUT2D eigenvalue weighted by Gasteiger charge is 2.31. The number of carbonyl (C=O) groups excluding carboxylic acids is 1. The summed E-state index contributed by atoms with van der Waals surface area (Å²) in [5.74, 6) is 0.155. The van der Waals surface area contributed by atoms with E-state index in [1.807, 2.05) is 29.2 Å². The Hall–Kier alpha value is -1.10. The van der Waals surface area contributed by atoms with Gasteiger partial charge in [-0.25, -0.2) is 0 Å². The van der Waals surface area contributed by atoms with E-state index < -0.39 is 0 Å². The zero-order valence-electron chi connectivity index (χ0n) is 12.3. The first kappa shape index (κ1) is 15.3. The highest BCUT2D eigenvalue weighted by molar-refractivity contribution is 6.30. The zero-order valence-corrected chi connectivity index (χ0v) is 13.0. The number of carbonyl (C=O) groups is 1. The topological polar surface area (TPSA) is 35.6 Å². The minimum absolute atomic E-state index is 0.0414. The standard InChI is InChI=1S/C15H22ClN3O/c1-11(2)18(3)8-9-19-14(20)10-17-15(19)12-4-6-13(16)7-5-12/h4-7,11,15,17H,8-10H2,1-3H3. The van der Waals surface area contributed by atoms with Crippen LogP contribution in [-0.2, 0) is 4.79 Å². The van der Waals surface area contributed by atoms with Gasteiger partial charge in [-0.15, -0.1) is 0 Å². The van der Waals surface area contributed by atoms with Gasteiger partial charge < -0.3 is 9.80 Å².